The van der Waals surface area contributed by atoms with E-state index in [1.165, 1.54) is 5.56 Å². The summed E-state index contributed by atoms with van der Waals surface area (Å²) in [5.41, 5.74) is 14.0. The molecule has 3 aromatic carbocycles. The van der Waals surface area contributed by atoms with Crippen molar-refractivity contribution in [1.29, 1.82) is 0 Å². The SMILES string of the molecule is NC1(c2ccc3cnn(Cc4ccccc4)c3c2)N=C2C(Nc3ccccc3)=NC=CN2N1. The van der Waals surface area contributed by atoms with Gasteiger partial charge in [0.05, 0.1) is 18.3 Å². The van der Waals surface area contributed by atoms with Crippen LogP contribution >= 0.6 is 0 Å². The molecule has 8 heteroatoms. The Morgan fingerprint density at radius 1 is 0.970 bits per heavy atom. The van der Waals surface area contributed by atoms with Crippen LogP contribution in [0.2, 0.25) is 0 Å². The molecule has 2 aliphatic rings. The summed E-state index contributed by atoms with van der Waals surface area (Å²) in [5, 5.41) is 10.7. The third-order valence-electron chi connectivity index (χ3n) is 5.73. The van der Waals surface area contributed by atoms with Gasteiger partial charge in [0.2, 0.25) is 5.79 Å². The van der Waals surface area contributed by atoms with Crippen LogP contribution in [0.15, 0.2) is 107 Å². The molecular formula is C25H22N8. The lowest BCUT2D eigenvalue weighted by Crippen LogP contribution is -2.51. The number of aliphatic imine (C=N–C) groups is 2. The molecule has 0 saturated carbocycles. The van der Waals surface area contributed by atoms with Gasteiger partial charge in [-0.3, -0.25) is 15.4 Å². The second-order valence-electron chi connectivity index (χ2n) is 8.01. The van der Waals surface area contributed by atoms with Crippen molar-refractivity contribution in [1.82, 2.24) is 20.2 Å². The van der Waals surface area contributed by atoms with Crippen LogP contribution < -0.4 is 16.5 Å². The van der Waals surface area contributed by atoms with Gasteiger partial charge in [0.25, 0.3) is 0 Å². The summed E-state index contributed by atoms with van der Waals surface area (Å²) in [7, 11) is 0. The summed E-state index contributed by atoms with van der Waals surface area (Å²) in [6.07, 6.45) is 5.39. The fraction of sp³-hybridized carbons (Fsp3) is 0.0800. The minimum atomic E-state index is -1.14. The van der Waals surface area contributed by atoms with Crippen LogP contribution in [0, 0.1) is 0 Å². The van der Waals surface area contributed by atoms with Gasteiger partial charge in [-0.2, -0.15) is 10.5 Å². The first-order chi connectivity index (χ1) is 16.2. The molecule has 0 radical (unpaired) electrons. The highest BCUT2D eigenvalue weighted by Crippen LogP contribution is 2.28. The Morgan fingerprint density at radius 2 is 1.76 bits per heavy atom. The fourth-order valence-corrected chi connectivity index (χ4v) is 4.06. The van der Waals surface area contributed by atoms with Gasteiger partial charge in [0, 0.05) is 29.0 Å². The van der Waals surface area contributed by atoms with Crippen LogP contribution in [0.25, 0.3) is 10.9 Å². The summed E-state index contributed by atoms with van der Waals surface area (Å²) in [4.78, 5) is 9.30. The van der Waals surface area contributed by atoms with E-state index in [2.05, 4.69) is 33.0 Å². The number of fused-ring (bicyclic) bond motifs is 2. The largest absolute Gasteiger partial charge is 0.337 e. The monoisotopic (exact) mass is 434 g/mol. The van der Waals surface area contributed by atoms with Crippen molar-refractivity contribution >= 4 is 28.3 Å². The average molecular weight is 435 g/mol. The highest BCUT2D eigenvalue weighted by Gasteiger charge is 2.39. The second kappa shape index (κ2) is 7.70. The Bertz CT molecular complexity index is 1400. The van der Waals surface area contributed by atoms with Crippen LogP contribution in [-0.4, -0.2) is 26.5 Å². The maximum absolute atomic E-state index is 6.77. The molecule has 0 fully saturated rings. The van der Waals surface area contributed by atoms with Gasteiger partial charge in [0.1, 0.15) is 0 Å². The summed E-state index contributed by atoms with van der Waals surface area (Å²) >= 11 is 0. The number of rotatable bonds is 4. The summed E-state index contributed by atoms with van der Waals surface area (Å²) < 4.78 is 1.98. The van der Waals surface area contributed by atoms with E-state index in [-0.39, 0.29) is 0 Å². The highest BCUT2D eigenvalue weighted by atomic mass is 15.7. The average Bonchev–Trinajstić information content (AvgIpc) is 3.42. The van der Waals surface area contributed by atoms with Crippen molar-refractivity contribution in [2.45, 2.75) is 12.3 Å². The number of hydrogen-bond acceptors (Lipinski definition) is 7. The van der Waals surface area contributed by atoms with Gasteiger partial charge >= 0.3 is 0 Å². The molecule has 162 valence electrons. The van der Waals surface area contributed by atoms with E-state index >= 15 is 0 Å². The van der Waals surface area contributed by atoms with Crippen LogP contribution in [0.5, 0.6) is 0 Å². The molecule has 1 unspecified atom stereocenters. The quantitative estimate of drug-likeness (QED) is 0.458. The zero-order valence-corrected chi connectivity index (χ0v) is 17.8. The molecule has 6 rings (SSSR count). The minimum Gasteiger partial charge on any atom is -0.337 e. The number of benzene rings is 3. The molecule has 4 N–H and O–H groups in total. The molecule has 0 saturated heterocycles. The number of anilines is 1. The van der Waals surface area contributed by atoms with E-state index in [9.17, 15) is 0 Å². The Balaban J connectivity index is 1.34. The van der Waals surface area contributed by atoms with Crippen LogP contribution in [0.1, 0.15) is 11.1 Å². The summed E-state index contributed by atoms with van der Waals surface area (Å²) in [6, 6.07) is 26.2. The normalized spacial score (nSPS) is 19.4. The predicted octanol–water partition coefficient (Wildman–Crippen LogP) is 3.37. The molecule has 0 spiro atoms. The molecular weight excluding hydrogens is 412 g/mol. The van der Waals surface area contributed by atoms with Gasteiger partial charge in [-0.15, -0.1) is 0 Å². The zero-order chi connectivity index (χ0) is 22.3. The number of nitrogens with zero attached hydrogens (tertiary/aromatic N) is 5. The van der Waals surface area contributed by atoms with Gasteiger partial charge < -0.3 is 5.32 Å². The lowest BCUT2D eigenvalue weighted by Gasteiger charge is -2.25. The van der Waals surface area contributed by atoms with E-state index in [4.69, 9.17) is 10.7 Å². The maximum Gasteiger partial charge on any atom is 0.208 e. The van der Waals surface area contributed by atoms with Crippen molar-refractivity contribution in [2.75, 3.05) is 5.32 Å². The molecule has 0 bridgehead atoms. The number of nitrogens with one attached hydrogen (secondary N) is 2. The minimum absolute atomic E-state index is 0.624. The smallest absolute Gasteiger partial charge is 0.208 e. The van der Waals surface area contributed by atoms with E-state index in [1.807, 2.05) is 83.8 Å². The van der Waals surface area contributed by atoms with E-state index in [0.717, 1.165) is 22.2 Å². The van der Waals surface area contributed by atoms with E-state index in [1.54, 1.807) is 11.2 Å². The zero-order valence-electron chi connectivity index (χ0n) is 17.8. The van der Waals surface area contributed by atoms with Crippen LogP contribution in [-0.2, 0) is 12.3 Å². The number of para-hydroxylation sites is 1. The summed E-state index contributed by atoms with van der Waals surface area (Å²) in [6.45, 7) is 0.681. The molecule has 4 aromatic rings. The van der Waals surface area contributed by atoms with E-state index in [0.29, 0.717) is 18.2 Å². The first-order valence-electron chi connectivity index (χ1n) is 10.7. The lowest BCUT2D eigenvalue weighted by molar-refractivity contribution is 0.274. The third-order valence-corrected chi connectivity index (χ3v) is 5.73. The predicted molar refractivity (Wildman–Crippen MR) is 130 cm³/mol. The molecule has 33 heavy (non-hydrogen) atoms. The third kappa shape index (κ3) is 3.57. The topological polar surface area (TPSA) is 95.9 Å². The first-order valence-corrected chi connectivity index (χ1v) is 10.7. The lowest BCUT2D eigenvalue weighted by atomic mass is 10.1. The van der Waals surface area contributed by atoms with Crippen molar-refractivity contribution < 1.29 is 0 Å². The molecule has 2 aliphatic heterocycles. The van der Waals surface area contributed by atoms with Crippen LogP contribution in [0.3, 0.4) is 0 Å². The Hall–Kier alpha value is -4.27. The Morgan fingerprint density at radius 3 is 2.58 bits per heavy atom. The van der Waals surface area contributed by atoms with Crippen molar-refractivity contribution in [3.8, 4) is 0 Å². The summed E-state index contributed by atoms with van der Waals surface area (Å²) in [5.74, 6) is 0.111. The molecule has 0 amide bonds. The fourth-order valence-electron chi connectivity index (χ4n) is 4.06. The molecule has 1 aromatic heterocycles. The van der Waals surface area contributed by atoms with Gasteiger partial charge in [-0.1, -0.05) is 60.7 Å². The number of hydrazine groups is 1. The molecule has 0 aliphatic carbocycles. The molecule has 1 atom stereocenters. The molecule has 3 heterocycles. The van der Waals surface area contributed by atoms with Crippen LogP contribution in [0.4, 0.5) is 5.69 Å². The maximum atomic E-state index is 6.77. The number of hydrogen-bond donors (Lipinski definition) is 3. The van der Waals surface area contributed by atoms with E-state index < -0.39 is 5.79 Å². The first kappa shape index (κ1) is 19.4. The highest BCUT2D eigenvalue weighted by molar-refractivity contribution is 6.45. The Kier molecular flexibility index (Phi) is 4.53. The standard InChI is InChI=1S/C25H22N8/c26-25(30-24-23(27-13-14-32(24)31-25)29-21-9-5-2-6-10-21)20-12-11-19-16-28-33(22(19)15-20)17-18-7-3-1-4-8-18/h1-16,31H,17,26H2,(H,27,29). The van der Waals surface area contributed by atoms with Gasteiger partial charge in [-0.05, 0) is 23.8 Å². The van der Waals surface area contributed by atoms with Crippen molar-refractivity contribution in [2.24, 2.45) is 15.7 Å². The number of amidine groups is 2. The second-order valence-corrected chi connectivity index (χ2v) is 8.01. The van der Waals surface area contributed by atoms with Gasteiger partial charge in [0.15, 0.2) is 11.7 Å². The van der Waals surface area contributed by atoms with Crippen molar-refractivity contribution in [3.63, 3.8) is 0 Å². The molecule has 8 nitrogen and oxygen atoms in total. The Labute approximate surface area is 190 Å². The van der Waals surface area contributed by atoms with Crippen molar-refractivity contribution in [3.05, 3.63) is 109 Å². The number of nitrogens with two attached hydrogens (primary N) is 1. The van der Waals surface area contributed by atoms with Gasteiger partial charge in [-0.25, -0.2) is 9.98 Å². The number of aromatic nitrogens is 2.